The zero-order valence-corrected chi connectivity index (χ0v) is 18.5. The molecule has 28 heavy (non-hydrogen) atoms. The Balaban J connectivity index is 1.95. The molecule has 0 aromatic heterocycles. The van der Waals surface area contributed by atoms with Crippen LogP contribution >= 0.6 is 9.24 Å². The highest BCUT2D eigenvalue weighted by Gasteiger charge is 2.31. The van der Waals surface area contributed by atoms with Crippen molar-refractivity contribution in [2.75, 3.05) is 20.2 Å². The molecule has 2 heterocycles. The number of halogens is 1. The molecule has 0 aliphatic carbocycles. The molecule has 0 bridgehead atoms. The average molecular weight is 407 g/mol. The maximum Gasteiger partial charge on any atom is 0.235 e. The van der Waals surface area contributed by atoms with Crippen LogP contribution in [0.3, 0.4) is 0 Å². The van der Waals surface area contributed by atoms with Crippen molar-refractivity contribution in [2.24, 2.45) is 20.9 Å². The lowest BCUT2D eigenvalue weighted by molar-refractivity contribution is 0.0637. The Morgan fingerprint density at radius 3 is 2.86 bits per heavy atom. The predicted octanol–water partition coefficient (Wildman–Crippen LogP) is 3.95. The summed E-state index contributed by atoms with van der Waals surface area (Å²) in [7, 11) is 4.27. The maximum atomic E-state index is 14.4. The topological polar surface area (TPSA) is 52.8 Å². The van der Waals surface area contributed by atoms with Gasteiger partial charge in [-0.3, -0.25) is 9.98 Å². The quantitative estimate of drug-likeness (QED) is 0.330. The lowest BCUT2D eigenvalue weighted by Gasteiger charge is -2.29. The van der Waals surface area contributed by atoms with E-state index >= 15 is 0 Å². The second-order valence-electron chi connectivity index (χ2n) is 7.34. The van der Waals surface area contributed by atoms with Crippen molar-refractivity contribution < 1.29 is 9.13 Å². The van der Waals surface area contributed by atoms with Crippen LogP contribution in [-0.2, 0) is 4.74 Å². The number of alkyl halides is 1. The highest BCUT2D eigenvalue weighted by Crippen LogP contribution is 2.31. The van der Waals surface area contributed by atoms with E-state index in [4.69, 9.17) is 4.74 Å². The van der Waals surface area contributed by atoms with Gasteiger partial charge in [-0.25, -0.2) is 14.4 Å². The first-order valence-corrected chi connectivity index (χ1v) is 9.98. The van der Waals surface area contributed by atoms with Crippen LogP contribution in [0.15, 0.2) is 50.6 Å². The van der Waals surface area contributed by atoms with Gasteiger partial charge < -0.3 is 9.75 Å². The Bertz CT molecular complexity index is 739. The maximum absolute atomic E-state index is 14.4. The fourth-order valence-corrected chi connectivity index (χ4v) is 2.83. The first-order valence-electron chi connectivity index (χ1n) is 9.40. The van der Waals surface area contributed by atoms with Crippen LogP contribution in [0.25, 0.3) is 0 Å². The third-order valence-electron chi connectivity index (χ3n) is 5.00. The van der Waals surface area contributed by atoms with Crippen molar-refractivity contribution in [3.63, 3.8) is 0 Å². The summed E-state index contributed by atoms with van der Waals surface area (Å²) >= 11 is 0. The third kappa shape index (κ3) is 5.36. The Morgan fingerprint density at radius 2 is 2.25 bits per heavy atom. The SMILES string of the molecule is C=N/C(C)=C(\N=CCCN1C=C2C(C)=NC=CC2N1C)OCC(F)(P)C(C)C. The number of hydrazine groups is 1. The van der Waals surface area contributed by atoms with Crippen LogP contribution in [0.1, 0.15) is 34.1 Å². The smallest absolute Gasteiger partial charge is 0.235 e. The van der Waals surface area contributed by atoms with E-state index in [-0.39, 0.29) is 18.6 Å². The molecule has 3 unspecified atom stereocenters. The third-order valence-corrected chi connectivity index (χ3v) is 5.83. The van der Waals surface area contributed by atoms with E-state index in [0.717, 1.165) is 12.3 Å². The molecule has 8 heteroatoms. The number of fused-ring (bicyclic) bond motifs is 1. The number of rotatable bonds is 9. The minimum absolute atomic E-state index is 0.109. The van der Waals surface area contributed by atoms with Crippen LogP contribution in [-0.4, -0.2) is 60.3 Å². The summed E-state index contributed by atoms with van der Waals surface area (Å²) in [5.74, 6) is 0.107. The Kier molecular flexibility index (Phi) is 7.67. The Hall–Kier alpha value is -1.85. The molecule has 0 saturated heterocycles. The van der Waals surface area contributed by atoms with Gasteiger partial charge in [0.1, 0.15) is 6.61 Å². The molecule has 2 aliphatic heterocycles. The molecule has 0 amide bonds. The summed E-state index contributed by atoms with van der Waals surface area (Å²) in [4.78, 5) is 12.6. The van der Waals surface area contributed by atoms with Crippen molar-refractivity contribution in [3.8, 4) is 0 Å². The largest absolute Gasteiger partial charge is 0.473 e. The van der Waals surface area contributed by atoms with E-state index in [1.165, 1.54) is 5.57 Å². The molecule has 0 aromatic rings. The molecular formula is C20H31FN5OP. The van der Waals surface area contributed by atoms with Crippen molar-refractivity contribution in [2.45, 2.75) is 45.6 Å². The minimum atomic E-state index is -1.52. The molecule has 6 nitrogen and oxygen atoms in total. The molecule has 154 valence electrons. The number of hydrogen-bond acceptors (Lipinski definition) is 6. The van der Waals surface area contributed by atoms with Crippen LogP contribution in [0, 0.1) is 5.92 Å². The van der Waals surface area contributed by atoms with Gasteiger partial charge >= 0.3 is 0 Å². The molecule has 0 saturated carbocycles. The summed E-state index contributed by atoms with van der Waals surface area (Å²) in [5, 5.41) is 2.81. The summed E-state index contributed by atoms with van der Waals surface area (Å²) in [6, 6.07) is 0.233. The summed E-state index contributed by atoms with van der Waals surface area (Å²) in [6.07, 6.45) is 8.53. The number of nitrogens with zero attached hydrogens (tertiary/aromatic N) is 5. The first kappa shape index (κ1) is 22.4. The Morgan fingerprint density at radius 1 is 1.54 bits per heavy atom. The van der Waals surface area contributed by atoms with E-state index in [1.54, 1.807) is 13.1 Å². The average Bonchev–Trinajstić information content (AvgIpc) is 2.98. The molecule has 3 atom stereocenters. The highest BCUT2D eigenvalue weighted by atomic mass is 31.0. The Labute approximate surface area is 169 Å². The minimum Gasteiger partial charge on any atom is -0.473 e. The standard InChI is InChI=1S/C20H31FN5OP/c1-14(2)20(21,28)13-27-19(16(4)22-5)24-9-7-11-26-12-17-15(3)23-10-8-18(17)25(26)6/h8-10,12,14,18H,5,7,11,13,28H2,1-4,6H3/b19-16+,24-9?. The second kappa shape index (κ2) is 9.57. The van der Waals surface area contributed by atoms with E-state index in [9.17, 15) is 4.39 Å². The van der Waals surface area contributed by atoms with E-state index < -0.39 is 5.41 Å². The molecular weight excluding hydrogens is 376 g/mol. The van der Waals surface area contributed by atoms with Crippen molar-refractivity contribution in [1.29, 1.82) is 0 Å². The number of likely N-dealkylation sites (N-methyl/N-ethyl adjacent to an activating group) is 1. The zero-order valence-electron chi connectivity index (χ0n) is 17.4. The number of hydrogen-bond donors (Lipinski definition) is 0. The van der Waals surface area contributed by atoms with Crippen LogP contribution in [0.2, 0.25) is 0 Å². The number of aliphatic imine (C=N–C) groups is 3. The van der Waals surface area contributed by atoms with Crippen LogP contribution < -0.4 is 0 Å². The molecule has 0 fully saturated rings. The molecule has 0 aromatic carbocycles. The van der Waals surface area contributed by atoms with Crippen LogP contribution in [0.5, 0.6) is 0 Å². The fourth-order valence-electron chi connectivity index (χ4n) is 2.74. The zero-order chi connectivity index (χ0) is 20.9. The van der Waals surface area contributed by atoms with Crippen molar-refractivity contribution >= 4 is 27.9 Å². The van der Waals surface area contributed by atoms with Gasteiger partial charge in [-0.15, -0.1) is 0 Å². The van der Waals surface area contributed by atoms with Gasteiger partial charge in [0.15, 0.2) is 5.41 Å². The van der Waals surface area contributed by atoms with Gasteiger partial charge in [0.2, 0.25) is 5.88 Å². The highest BCUT2D eigenvalue weighted by molar-refractivity contribution is 7.18. The monoisotopic (exact) mass is 407 g/mol. The van der Waals surface area contributed by atoms with Crippen molar-refractivity contribution in [1.82, 2.24) is 10.0 Å². The van der Waals surface area contributed by atoms with Crippen molar-refractivity contribution in [3.05, 3.63) is 35.6 Å². The summed E-state index contributed by atoms with van der Waals surface area (Å²) in [5.41, 5.74) is 2.79. The van der Waals surface area contributed by atoms with Crippen LogP contribution in [0.4, 0.5) is 4.39 Å². The van der Waals surface area contributed by atoms with Gasteiger partial charge in [0.25, 0.3) is 0 Å². The fraction of sp³-hybridized carbons (Fsp3) is 0.550. The van der Waals surface area contributed by atoms with Gasteiger partial charge in [-0.1, -0.05) is 23.1 Å². The van der Waals surface area contributed by atoms with E-state index in [1.807, 2.05) is 27.0 Å². The predicted molar refractivity (Wildman–Crippen MR) is 118 cm³/mol. The molecule has 0 radical (unpaired) electrons. The summed E-state index contributed by atoms with van der Waals surface area (Å²) in [6.45, 7) is 11.5. The molecule has 2 rings (SSSR count). The van der Waals surface area contributed by atoms with Gasteiger partial charge in [-0.05, 0) is 32.6 Å². The molecule has 2 aliphatic rings. The van der Waals surface area contributed by atoms with Gasteiger partial charge in [0, 0.05) is 49.9 Å². The number of allylic oxidation sites excluding steroid dienone is 1. The second-order valence-corrected chi connectivity index (χ2v) is 8.30. The first-order chi connectivity index (χ1) is 13.2. The van der Waals surface area contributed by atoms with E-state index in [0.29, 0.717) is 18.0 Å². The normalized spacial score (nSPS) is 22.7. The lowest BCUT2D eigenvalue weighted by Crippen LogP contribution is -2.38. The summed E-state index contributed by atoms with van der Waals surface area (Å²) < 4.78 is 20.0. The molecule has 0 spiro atoms. The molecule has 0 N–H and O–H groups in total. The van der Waals surface area contributed by atoms with Gasteiger partial charge in [-0.2, -0.15) is 0 Å². The number of ether oxygens (including phenoxy) is 1. The van der Waals surface area contributed by atoms with E-state index in [2.05, 4.69) is 60.3 Å². The van der Waals surface area contributed by atoms with Gasteiger partial charge in [0.05, 0.1) is 11.7 Å². The lowest BCUT2D eigenvalue weighted by atomic mass is 10.0.